The molecule has 0 aliphatic carbocycles. The summed E-state index contributed by atoms with van der Waals surface area (Å²) in [7, 11) is 0. The summed E-state index contributed by atoms with van der Waals surface area (Å²) in [4.78, 5) is 24.1. The summed E-state index contributed by atoms with van der Waals surface area (Å²) >= 11 is 1.92. The third-order valence-electron chi connectivity index (χ3n) is 2.29. The van der Waals surface area contributed by atoms with Crippen LogP contribution in [-0.2, 0) is 0 Å². The van der Waals surface area contributed by atoms with Gasteiger partial charge in [0, 0.05) is 12.3 Å². The van der Waals surface area contributed by atoms with E-state index in [0.717, 1.165) is 12.1 Å². The fourth-order valence-electron chi connectivity index (χ4n) is 1.41. The zero-order valence-corrected chi connectivity index (χ0v) is 11.9. The molecule has 0 N–H and O–H groups in total. The molecular weight excluding hydrogens is 381 g/mol. The van der Waals surface area contributed by atoms with Crippen LogP contribution in [0.15, 0.2) is 36.5 Å². The first kappa shape index (κ1) is 14.1. The maximum absolute atomic E-state index is 11.0. The van der Waals surface area contributed by atoms with Gasteiger partial charge in [0.2, 0.25) is 5.75 Å². The number of benzene rings is 1. The molecule has 0 amide bonds. The molecule has 0 unspecified atom stereocenters. The van der Waals surface area contributed by atoms with Gasteiger partial charge in [-0.1, -0.05) is 0 Å². The molecule has 1 heterocycles. The predicted molar refractivity (Wildman–Crippen MR) is 76.8 cm³/mol. The summed E-state index contributed by atoms with van der Waals surface area (Å²) in [6.07, 6.45) is 1.55. The van der Waals surface area contributed by atoms with Crippen LogP contribution in [0.4, 0.5) is 11.4 Å². The molecule has 0 fully saturated rings. The van der Waals surface area contributed by atoms with Crippen LogP contribution in [0, 0.1) is 23.9 Å². The van der Waals surface area contributed by atoms with E-state index in [-0.39, 0.29) is 11.4 Å². The lowest BCUT2D eigenvalue weighted by Crippen LogP contribution is -1.97. The number of halogens is 1. The molecule has 20 heavy (non-hydrogen) atoms. The van der Waals surface area contributed by atoms with Gasteiger partial charge >= 0.3 is 5.69 Å². The highest BCUT2D eigenvalue weighted by atomic mass is 127. The lowest BCUT2D eigenvalue weighted by molar-refractivity contribution is -0.394. The summed E-state index contributed by atoms with van der Waals surface area (Å²) in [6.45, 7) is 0. The topological polar surface area (TPSA) is 108 Å². The largest absolute Gasteiger partial charge is 0.447 e. The van der Waals surface area contributed by atoms with Crippen LogP contribution in [0.2, 0.25) is 0 Å². The van der Waals surface area contributed by atoms with Crippen LogP contribution >= 0.6 is 22.6 Å². The Bertz CT molecular complexity index is 692. The number of non-ortho nitro benzene ring substituents is 1. The van der Waals surface area contributed by atoms with Crippen molar-refractivity contribution in [1.29, 1.82) is 0 Å². The van der Waals surface area contributed by atoms with Gasteiger partial charge in [-0.15, -0.1) is 0 Å². The summed E-state index contributed by atoms with van der Waals surface area (Å²) in [6, 6.07) is 6.41. The van der Waals surface area contributed by atoms with Crippen molar-refractivity contribution in [3.8, 4) is 11.5 Å². The van der Waals surface area contributed by atoms with Crippen molar-refractivity contribution in [2.45, 2.75) is 0 Å². The van der Waals surface area contributed by atoms with Gasteiger partial charge in [0.1, 0.15) is 3.70 Å². The fraction of sp³-hybridized carbons (Fsp3) is 0. The van der Waals surface area contributed by atoms with E-state index in [2.05, 4.69) is 4.98 Å². The lowest BCUT2D eigenvalue weighted by atomic mass is 10.2. The van der Waals surface area contributed by atoms with Gasteiger partial charge in [-0.2, -0.15) is 0 Å². The van der Waals surface area contributed by atoms with Crippen molar-refractivity contribution in [2.75, 3.05) is 0 Å². The lowest BCUT2D eigenvalue weighted by Gasteiger charge is -2.07. The van der Waals surface area contributed by atoms with E-state index in [9.17, 15) is 20.2 Å². The third kappa shape index (κ3) is 2.99. The van der Waals surface area contributed by atoms with Crippen molar-refractivity contribution in [2.24, 2.45) is 0 Å². The smallest absolute Gasteiger partial charge is 0.318 e. The molecule has 8 nitrogen and oxygen atoms in total. The van der Waals surface area contributed by atoms with E-state index < -0.39 is 15.5 Å². The highest BCUT2D eigenvalue weighted by Gasteiger charge is 2.21. The number of nitrogens with zero attached hydrogens (tertiary/aromatic N) is 3. The number of hydrogen-bond acceptors (Lipinski definition) is 6. The van der Waals surface area contributed by atoms with E-state index in [1.807, 2.05) is 22.6 Å². The molecule has 0 bridgehead atoms. The molecular formula is C11H6IN3O5. The molecule has 0 aliphatic heterocycles. The van der Waals surface area contributed by atoms with Crippen LogP contribution in [-0.4, -0.2) is 14.8 Å². The zero-order chi connectivity index (χ0) is 14.7. The summed E-state index contributed by atoms with van der Waals surface area (Å²) < 4.78 is 5.93. The van der Waals surface area contributed by atoms with Gasteiger partial charge in [-0.3, -0.25) is 20.2 Å². The van der Waals surface area contributed by atoms with Crippen LogP contribution in [0.5, 0.6) is 11.5 Å². The molecule has 0 radical (unpaired) electrons. The Morgan fingerprint density at radius 3 is 2.45 bits per heavy atom. The first-order chi connectivity index (χ1) is 9.49. The summed E-state index contributed by atoms with van der Waals surface area (Å²) in [5, 5.41) is 21.6. The number of pyridine rings is 1. The Hall–Kier alpha value is -2.30. The zero-order valence-electron chi connectivity index (χ0n) is 9.72. The van der Waals surface area contributed by atoms with Crippen LogP contribution in [0.25, 0.3) is 0 Å². The SMILES string of the molecule is O=[N+]([O-])c1ccc(Oc2cccnc2I)c([N+](=O)[O-])c1. The maximum atomic E-state index is 11.0. The number of aromatic nitrogens is 1. The predicted octanol–water partition coefficient (Wildman–Crippen LogP) is 3.29. The quantitative estimate of drug-likeness (QED) is 0.345. The highest BCUT2D eigenvalue weighted by molar-refractivity contribution is 14.1. The van der Waals surface area contributed by atoms with Crippen molar-refractivity contribution in [1.82, 2.24) is 4.98 Å². The van der Waals surface area contributed by atoms with E-state index in [4.69, 9.17) is 4.74 Å². The van der Waals surface area contributed by atoms with Gasteiger partial charge < -0.3 is 4.74 Å². The van der Waals surface area contributed by atoms with Crippen LogP contribution < -0.4 is 4.74 Å². The van der Waals surface area contributed by atoms with Crippen molar-refractivity contribution in [3.63, 3.8) is 0 Å². The molecule has 0 atom stereocenters. The normalized spacial score (nSPS) is 10.1. The van der Waals surface area contributed by atoms with E-state index >= 15 is 0 Å². The van der Waals surface area contributed by atoms with Crippen molar-refractivity contribution < 1.29 is 14.6 Å². The van der Waals surface area contributed by atoms with Crippen molar-refractivity contribution in [3.05, 3.63) is 60.5 Å². The first-order valence-electron chi connectivity index (χ1n) is 5.20. The molecule has 102 valence electrons. The van der Waals surface area contributed by atoms with E-state index in [1.165, 1.54) is 6.07 Å². The molecule has 1 aromatic carbocycles. The average molecular weight is 387 g/mol. The average Bonchev–Trinajstić information content (AvgIpc) is 2.41. The molecule has 0 saturated heterocycles. The number of nitro groups is 2. The van der Waals surface area contributed by atoms with E-state index in [0.29, 0.717) is 9.45 Å². The molecule has 2 aromatic rings. The molecule has 9 heteroatoms. The second-order valence-corrected chi connectivity index (χ2v) is 4.58. The molecule has 0 saturated carbocycles. The Morgan fingerprint density at radius 1 is 1.10 bits per heavy atom. The van der Waals surface area contributed by atoms with Crippen LogP contribution in [0.1, 0.15) is 0 Å². The highest BCUT2D eigenvalue weighted by Crippen LogP contribution is 2.35. The summed E-state index contributed by atoms with van der Waals surface area (Å²) in [5.41, 5.74) is -0.844. The molecule has 1 aromatic heterocycles. The number of rotatable bonds is 4. The second-order valence-electron chi connectivity index (χ2n) is 3.56. The third-order valence-corrected chi connectivity index (χ3v) is 3.10. The molecule has 2 rings (SSSR count). The minimum absolute atomic E-state index is 0.0773. The number of hydrogen-bond donors (Lipinski definition) is 0. The second kappa shape index (κ2) is 5.77. The Kier molecular flexibility index (Phi) is 4.08. The monoisotopic (exact) mass is 387 g/mol. The van der Waals surface area contributed by atoms with E-state index in [1.54, 1.807) is 18.3 Å². The maximum Gasteiger partial charge on any atom is 0.318 e. The van der Waals surface area contributed by atoms with Gasteiger partial charge in [-0.05, 0) is 40.8 Å². The van der Waals surface area contributed by atoms with Gasteiger partial charge in [0.15, 0.2) is 5.75 Å². The minimum Gasteiger partial charge on any atom is -0.447 e. The number of ether oxygens (including phenoxy) is 1. The summed E-state index contributed by atoms with van der Waals surface area (Å²) in [5.74, 6) is 0.261. The Balaban J connectivity index is 2.44. The van der Waals surface area contributed by atoms with Crippen LogP contribution in [0.3, 0.4) is 0 Å². The number of nitro benzene ring substituents is 2. The molecule has 0 spiro atoms. The van der Waals surface area contributed by atoms with Gasteiger partial charge in [0.25, 0.3) is 5.69 Å². The standard InChI is InChI=1S/C11H6IN3O5/c12-11-10(2-1-5-13-11)20-9-4-3-7(14(16)17)6-8(9)15(18)19/h1-6H. The Morgan fingerprint density at radius 2 is 1.85 bits per heavy atom. The van der Waals surface area contributed by atoms with Gasteiger partial charge in [-0.25, -0.2) is 4.98 Å². The molecule has 0 aliphatic rings. The minimum atomic E-state index is -0.731. The van der Waals surface area contributed by atoms with Gasteiger partial charge in [0.05, 0.1) is 15.9 Å². The first-order valence-corrected chi connectivity index (χ1v) is 6.28. The van der Waals surface area contributed by atoms with Crippen molar-refractivity contribution >= 4 is 34.0 Å². The fourth-order valence-corrected chi connectivity index (χ4v) is 1.86. The Labute approximate surface area is 125 Å².